The van der Waals surface area contributed by atoms with E-state index in [-0.39, 0.29) is 0 Å². The number of aryl methyl sites for hydroxylation is 1. The Kier molecular flexibility index (Phi) is 6.09. The number of hydrogen-bond acceptors (Lipinski definition) is 2. The zero-order valence-corrected chi connectivity index (χ0v) is 10.8. The number of rotatable bonds is 7. The molecule has 0 amide bonds. The monoisotopic (exact) mass is 220 g/mol. The van der Waals surface area contributed by atoms with Crippen molar-refractivity contribution in [3.8, 4) is 0 Å². The summed E-state index contributed by atoms with van der Waals surface area (Å²) in [6.45, 7) is 7.53. The molecule has 1 N–H and O–H groups in total. The summed E-state index contributed by atoms with van der Waals surface area (Å²) < 4.78 is 0. The summed E-state index contributed by atoms with van der Waals surface area (Å²) in [5.74, 6) is 0. The van der Waals surface area contributed by atoms with Gasteiger partial charge in [0.15, 0.2) is 0 Å². The van der Waals surface area contributed by atoms with Crippen LogP contribution in [-0.4, -0.2) is 11.0 Å². The second kappa shape index (κ2) is 7.39. The Morgan fingerprint density at radius 1 is 1.31 bits per heavy atom. The van der Waals surface area contributed by atoms with Crippen molar-refractivity contribution in [1.29, 1.82) is 0 Å². The highest BCUT2D eigenvalue weighted by Gasteiger charge is 2.01. The Morgan fingerprint density at radius 2 is 2.12 bits per heavy atom. The maximum atomic E-state index is 4.20. The van der Waals surface area contributed by atoms with Crippen molar-refractivity contribution >= 4 is 0 Å². The van der Waals surface area contributed by atoms with Crippen molar-refractivity contribution in [3.63, 3.8) is 0 Å². The molecule has 0 fully saturated rings. The van der Waals surface area contributed by atoms with Gasteiger partial charge >= 0.3 is 0 Å². The SMILES string of the molecule is CCCCCC(C)NCc1cncc(C)c1. The lowest BCUT2D eigenvalue weighted by atomic mass is 10.1. The highest BCUT2D eigenvalue weighted by Crippen LogP contribution is 2.05. The minimum absolute atomic E-state index is 0.604. The van der Waals surface area contributed by atoms with Crippen LogP contribution in [0.15, 0.2) is 18.5 Å². The molecule has 90 valence electrons. The zero-order chi connectivity index (χ0) is 11.8. The predicted molar refractivity (Wildman–Crippen MR) is 69.4 cm³/mol. The summed E-state index contributed by atoms with van der Waals surface area (Å²) in [5, 5.41) is 3.55. The molecule has 0 bridgehead atoms. The Morgan fingerprint density at radius 3 is 2.81 bits per heavy atom. The molecule has 1 rings (SSSR count). The normalized spacial score (nSPS) is 12.7. The molecule has 1 aromatic rings. The molecule has 0 radical (unpaired) electrons. The van der Waals surface area contributed by atoms with E-state index in [1.165, 1.54) is 36.8 Å². The van der Waals surface area contributed by atoms with Gasteiger partial charge in [-0.1, -0.05) is 32.3 Å². The Balaban J connectivity index is 2.23. The highest BCUT2D eigenvalue weighted by molar-refractivity contribution is 5.16. The van der Waals surface area contributed by atoms with E-state index in [0.717, 1.165) is 6.54 Å². The third-order valence-corrected chi connectivity index (χ3v) is 2.83. The van der Waals surface area contributed by atoms with E-state index < -0.39 is 0 Å². The first-order valence-corrected chi connectivity index (χ1v) is 6.36. The quantitative estimate of drug-likeness (QED) is 0.712. The largest absolute Gasteiger partial charge is 0.310 e. The van der Waals surface area contributed by atoms with E-state index in [2.05, 4.69) is 37.1 Å². The van der Waals surface area contributed by atoms with E-state index >= 15 is 0 Å². The number of nitrogens with one attached hydrogen (secondary N) is 1. The van der Waals surface area contributed by atoms with E-state index in [9.17, 15) is 0 Å². The number of unbranched alkanes of at least 4 members (excludes halogenated alkanes) is 2. The molecule has 1 aromatic heterocycles. The molecule has 1 unspecified atom stereocenters. The van der Waals surface area contributed by atoms with Crippen molar-refractivity contribution in [2.75, 3.05) is 0 Å². The van der Waals surface area contributed by atoms with Gasteiger partial charge in [-0.15, -0.1) is 0 Å². The molecular weight excluding hydrogens is 196 g/mol. The lowest BCUT2D eigenvalue weighted by molar-refractivity contribution is 0.487. The molecule has 1 atom stereocenters. The van der Waals surface area contributed by atoms with Crippen molar-refractivity contribution in [2.24, 2.45) is 0 Å². The average molecular weight is 220 g/mol. The molecule has 0 aromatic carbocycles. The third kappa shape index (κ3) is 5.26. The predicted octanol–water partition coefficient (Wildman–Crippen LogP) is 3.45. The molecule has 0 spiro atoms. The molecule has 2 nitrogen and oxygen atoms in total. The van der Waals surface area contributed by atoms with Crippen molar-refractivity contribution in [3.05, 3.63) is 29.6 Å². The second-order valence-corrected chi connectivity index (χ2v) is 4.65. The smallest absolute Gasteiger partial charge is 0.0313 e. The summed E-state index contributed by atoms with van der Waals surface area (Å²) >= 11 is 0. The lowest BCUT2D eigenvalue weighted by Gasteiger charge is -2.13. The molecule has 0 aliphatic heterocycles. The minimum atomic E-state index is 0.604. The number of pyridine rings is 1. The zero-order valence-electron chi connectivity index (χ0n) is 10.8. The van der Waals surface area contributed by atoms with Crippen LogP contribution < -0.4 is 5.32 Å². The molecule has 0 aliphatic rings. The average Bonchev–Trinajstić information content (AvgIpc) is 2.27. The molecule has 16 heavy (non-hydrogen) atoms. The Labute approximate surface area is 99.5 Å². The fourth-order valence-electron chi connectivity index (χ4n) is 1.81. The van der Waals surface area contributed by atoms with E-state index in [0.29, 0.717) is 6.04 Å². The van der Waals surface area contributed by atoms with Gasteiger partial charge in [-0.05, 0) is 31.4 Å². The first-order chi connectivity index (χ1) is 7.72. The van der Waals surface area contributed by atoms with Crippen LogP contribution in [0.2, 0.25) is 0 Å². The van der Waals surface area contributed by atoms with E-state index in [1.54, 1.807) is 0 Å². The maximum Gasteiger partial charge on any atom is 0.0313 e. The van der Waals surface area contributed by atoms with Crippen molar-refractivity contribution in [1.82, 2.24) is 10.3 Å². The lowest BCUT2D eigenvalue weighted by Crippen LogP contribution is -2.25. The summed E-state index contributed by atoms with van der Waals surface area (Å²) in [7, 11) is 0. The molecule has 0 aliphatic carbocycles. The van der Waals surface area contributed by atoms with Gasteiger partial charge in [-0.25, -0.2) is 0 Å². The van der Waals surface area contributed by atoms with Crippen LogP contribution >= 0.6 is 0 Å². The molecular formula is C14H24N2. The van der Waals surface area contributed by atoms with Gasteiger partial charge in [0, 0.05) is 25.0 Å². The van der Waals surface area contributed by atoms with Gasteiger partial charge in [-0.2, -0.15) is 0 Å². The van der Waals surface area contributed by atoms with Gasteiger partial charge in [-0.3, -0.25) is 4.98 Å². The molecule has 2 heteroatoms. The third-order valence-electron chi connectivity index (χ3n) is 2.83. The van der Waals surface area contributed by atoms with Crippen LogP contribution in [-0.2, 0) is 6.54 Å². The summed E-state index contributed by atoms with van der Waals surface area (Å²) in [5.41, 5.74) is 2.51. The van der Waals surface area contributed by atoms with Crippen LogP contribution in [0.1, 0.15) is 50.7 Å². The Bertz CT molecular complexity index is 297. The highest BCUT2D eigenvalue weighted by atomic mass is 14.9. The second-order valence-electron chi connectivity index (χ2n) is 4.65. The van der Waals surface area contributed by atoms with Crippen molar-refractivity contribution < 1.29 is 0 Å². The van der Waals surface area contributed by atoms with Gasteiger partial charge in [0.1, 0.15) is 0 Å². The summed E-state index contributed by atoms with van der Waals surface area (Å²) in [6.07, 6.45) is 9.09. The van der Waals surface area contributed by atoms with Crippen LogP contribution in [0.5, 0.6) is 0 Å². The van der Waals surface area contributed by atoms with Crippen molar-refractivity contribution in [2.45, 2.75) is 59.0 Å². The topological polar surface area (TPSA) is 24.9 Å². The van der Waals surface area contributed by atoms with Gasteiger partial charge in [0.05, 0.1) is 0 Å². The Hall–Kier alpha value is -0.890. The standard InChI is InChI=1S/C14H24N2/c1-4-5-6-7-13(3)16-11-14-8-12(2)9-15-10-14/h8-10,13,16H,4-7,11H2,1-3H3. The van der Waals surface area contributed by atoms with E-state index in [1.807, 2.05) is 12.4 Å². The van der Waals surface area contributed by atoms with Crippen LogP contribution in [0.3, 0.4) is 0 Å². The first kappa shape index (κ1) is 13.2. The number of aromatic nitrogens is 1. The number of hydrogen-bond donors (Lipinski definition) is 1. The fourth-order valence-corrected chi connectivity index (χ4v) is 1.81. The fraction of sp³-hybridized carbons (Fsp3) is 0.643. The molecule has 1 heterocycles. The van der Waals surface area contributed by atoms with Gasteiger partial charge in [0.25, 0.3) is 0 Å². The van der Waals surface area contributed by atoms with E-state index in [4.69, 9.17) is 0 Å². The van der Waals surface area contributed by atoms with Crippen LogP contribution in [0.25, 0.3) is 0 Å². The van der Waals surface area contributed by atoms with Crippen LogP contribution in [0.4, 0.5) is 0 Å². The maximum absolute atomic E-state index is 4.20. The minimum Gasteiger partial charge on any atom is -0.310 e. The summed E-state index contributed by atoms with van der Waals surface area (Å²) in [4.78, 5) is 4.20. The summed E-state index contributed by atoms with van der Waals surface area (Å²) in [6, 6.07) is 2.80. The first-order valence-electron chi connectivity index (χ1n) is 6.36. The van der Waals surface area contributed by atoms with Crippen LogP contribution in [0, 0.1) is 6.92 Å². The van der Waals surface area contributed by atoms with Gasteiger partial charge in [0.2, 0.25) is 0 Å². The van der Waals surface area contributed by atoms with Gasteiger partial charge < -0.3 is 5.32 Å². The number of nitrogens with zero attached hydrogens (tertiary/aromatic N) is 1. The molecule has 0 saturated heterocycles. The molecule has 0 saturated carbocycles.